The Bertz CT molecular complexity index is 596. The number of nitrogens with one attached hydrogen (secondary N) is 2. The molecule has 0 atom stereocenters. The summed E-state index contributed by atoms with van der Waals surface area (Å²) in [5, 5.41) is 6.45. The van der Waals surface area contributed by atoms with Crippen LogP contribution >= 0.6 is 11.6 Å². The van der Waals surface area contributed by atoms with E-state index in [1.807, 2.05) is 30.3 Å². The molecule has 2 aromatic carbocycles. The highest BCUT2D eigenvalue weighted by Gasteiger charge is 2.02. The molecule has 5 heteroatoms. The summed E-state index contributed by atoms with van der Waals surface area (Å²) in [4.78, 5) is 10.9. The zero-order valence-corrected chi connectivity index (χ0v) is 11.2. The first-order valence-corrected chi connectivity index (χ1v) is 6.12. The maximum absolute atomic E-state index is 10.9. The van der Waals surface area contributed by atoms with Gasteiger partial charge in [-0.2, -0.15) is 0 Å². The monoisotopic (exact) mass is 275 g/mol. The maximum Gasteiger partial charge on any atom is 0.221 e. The molecule has 98 valence electrons. The number of hydrogen-bond donors (Lipinski definition) is 3. The predicted molar refractivity (Wildman–Crippen MR) is 79.9 cm³/mol. The van der Waals surface area contributed by atoms with Crippen LogP contribution < -0.4 is 16.4 Å². The van der Waals surface area contributed by atoms with Gasteiger partial charge in [0.1, 0.15) is 0 Å². The standard InChI is InChI=1S/C14H14ClN3O/c1-9(19)17-11-3-5-12(6-4-11)18-14-7-2-10(16)8-13(14)15/h2-8,18H,16H2,1H3,(H,17,19). The molecule has 0 aliphatic heterocycles. The molecule has 0 radical (unpaired) electrons. The molecule has 0 spiro atoms. The van der Waals surface area contributed by atoms with Crippen molar-refractivity contribution >= 4 is 40.3 Å². The Morgan fingerprint density at radius 3 is 2.32 bits per heavy atom. The smallest absolute Gasteiger partial charge is 0.221 e. The molecule has 0 aliphatic carbocycles. The van der Waals surface area contributed by atoms with E-state index in [-0.39, 0.29) is 5.91 Å². The molecule has 0 saturated heterocycles. The molecule has 4 nitrogen and oxygen atoms in total. The van der Waals surface area contributed by atoms with Crippen LogP contribution in [-0.4, -0.2) is 5.91 Å². The lowest BCUT2D eigenvalue weighted by atomic mass is 10.2. The average Bonchev–Trinajstić information content (AvgIpc) is 2.34. The number of benzene rings is 2. The molecule has 4 N–H and O–H groups in total. The lowest BCUT2D eigenvalue weighted by Crippen LogP contribution is -2.05. The van der Waals surface area contributed by atoms with Crippen molar-refractivity contribution in [3.8, 4) is 0 Å². The van der Waals surface area contributed by atoms with Gasteiger partial charge in [-0.05, 0) is 42.5 Å². The van der Waals surface area contributed by atoms with Crippen LogP contribution in [-0.2, 0) is 4.79 Å². The Hall–Kier alpha value is -2.20. The average molecular weight is 276 g/mol. The number of nitrogen functional groups attached to an aromatic ring is 1. The Labute approximate surface area is 116 Å². The van der Waals surface area contributed by atoms with Crippen LogP contribution in [0.5, 0.6) is 0 Å². The molecule has 19 heavy (non-hydrogen) atoms. The van der Waals surface area contributed by atoms with E-state index in [4.69, 9.17) is 17.3 Å². The molecular weight excluding hydrogens is 262 g/mol. The van der Waals surface area contributed by atoms with E-state index in [2.05, 4.69) is 10.6 Å². The highest BCUT2D eigenvalue weighted by Crippen LogP contribution is 2.27. The van der Waals surface area contributed by atoms with E-state index in [0.29, 0.717) is 10.7 Å². The third kappa shape index (κ3) is 3.63. The van der Waals surface area contributed by atoms with Crippen LogP contribution in [0.15, 0.2) is 42.5 Å². The van der Waals surface area contributed by atoms with Crippen LogP contribution in [0.25, 0.3) is 0 Å². The lowest BCUT2D eigenvalue weighted by molar-refractivity contribution is -0.114. The molecule has 0 unspecified atom stereocenters. The topological polar surface area (TPSA) is 67.2 Å². The number of carbonyl (C=O) groups is 1. The molecule has 0 saturated carbocycles. The fraction of sp³-hybridized carbons (Fsp3) is 0.0714. The Kier molecular flexibility index (Phi) is 3.92. The highest BCUT2D eigenvalue weighted by atomic mass is 35.5. The number of anilines is 4. The molecule has 0 aliphatic rings. The molecule has 0 bridgehead atoms. The lowest BCUT2D eigenvalue weighted by Gasteiger charge is -2.10. The zero-order chi connectivity index (χ0) is 13.8. The number of amides is 1. The van der Waals surface area contributed by atoms with Gasteiger partial charge in [-0.1, -0.05) is 11.6 Å². The third-order valence-electron chi connectivity index (χ3n) is 2.48. The fourth-order valence-corrected chi connectivity index (χ4v) is 1.86. The Balaban J connectivity index is 2.13. The molecule has 2 aromatic rings. The van der Waals surface area contributed by atoms with Gasteiger partial charge in [-0.3, -0.25) is 4.79 Å². The highest BCUT2D eigenvalue weighted by molar-refractivity contribution is 6.33. The minimum absolute atomic E-state index is 0.0951. The number of rotatable bonds is 3. The van der Waals surface area contributed by atoms with Crippen molar-refractivity contribution in [2.75, 3.05) is 16.4 Å². The third-order valence-corrected chi connectivity index (χ3v) is 2.79. The second-order valence-electron chi connectivity index (χ2n) is 4.12. The summed E-state index contributed by atoms with van der Waals surface area (Å²) in [7, 11) is 0. The minimum Gasteiger partial charge on any atom is -0.399 e. The van der Waals surface area contributed by atoms with Gasteiger partial charge in [0.05, 0.1) is 10.7 Å². The maximum atomic E-state index is 10.9. The van der Waals surface area contributed by atoms with Gasteiger partial charge in [-0.25, -0.2) is 0 Å². The van der Waals surface area contributed by atoms with Gasteiger partial charge in [0.15, 0.2) is 0 Å². The van der Waals surface area contributed by atoms with Gasteiger partial charge in [0.2, 0.25) is 5.91 Å². The first-order chi connectivity index (χ1) is 9.04. The van der Waals surface area contributed by atoms with Crippen LogP contribution in [0.1, 0.15) is 6.92 Å². The van der Waals surface area contributed by atoms with E-state index in [1.54, 1.807) is 12.1 Å². The quantitative estimate of drug-likeness (QED) is 0.750. The minimum atomic E-state index is -0.0951. The number of halogens is 1. The van der Waals surface area contributed by atoms with E-state index in [0.717, 1.165) is 17.1 Å². The van der Waals surface area contributed by atoms with Crippen molar-refractivity contribution in [1.29, 1.82) is 0 Å². The molecule has 0 aromatic heterocycles. The summed E-state index contributed by atoms with van der Waals surface area (Å²) in [5.74, 6) is -0.0951. The van der Waals surface area contributed by atoms with Crippen LogP contribution in [0.2, 0.25) is 5.02 Å². The largest absolute Gasteiger partial charge is 0.399 e. The molecule has 0 heterocycles. The SMILES string of the molecule is CC(=O)Nc1ccc(Nc2ccc(N)cc2Cl)cc1. The van der Waals surface area contributed by atoms with Gasteiger partial charge in [-0.15, -0.1) is 0 Å². The molecule has 2 rings (SSSR count). The van der Waals surface area contributed by atoms with Crippen molar-refractivity contribution < 1.29 is 4.79 Å². The van der Waals surface area contributed by atoms with Crippen LogP contribution in [0.3, 0.4) is 0 Å². The van der Waals surface area contributed by atoms with Crippen molar-refractivity contribution in [1.82, 2.24) is 0 Å². The predicted octanol–water partition coefficient (Wildman–Crippen LogP) is 3.62. The van der Waals surface area contributed by atoms with Gasteiger partial charge in [0, 0.05) is 24.0 Å². The van der Waals surface area contributed by atoms with Crippen molar-refractivity contribution in [3.05, 3.63) is 47.5 Å². The first kappa shape index (κ1) is 13.2. The van der Waals surface area contributed by atoms with Crippen molar-refractivity contribution in [3.63, 3.8) is 0 Å². The Morgan fingerprint density at radius 1 is 1.11 bits per heavy atom. The van der Waals surface area contributed by atoms with Gasteiger partial charge >= 0.3 is 0 Å². The molecule has 1 amide bonds. The second kappa shape index (κ2) is 5.63. The summed E-state index contributed by atoms with van der Waals surface area (Å²) in [6.45, 7) is 1.47. The summed E-state index contributed by atoms with van der Waals surface area (Å²) >= 11 is 6.08. The van der Waals surface area contributed by atoms with E-state index < -0.39 is 0 Å². The van der Waals surface area contributed by atoms with Gasteiger partial charge < -0.3 is 16.4 Å². The number of nitrogens with two attached hydrogens (primary N) is 1. The van der Waals surface area contributed by atoms with Crippen LogP contribution in [0, 0.1) is 0 Å². The Morgan fingerprint density at radius 2 is 1.74 bits per heavy atom. The second-order valence-corrected chi connectivity index (χ2v) is 4.53. The molecular formula is C14H14ClN3O. The van der Waals surface area contributed by atoms with Crippen molar-refractivity contribution in [2.24, 2.45) is 0 Å². The van der Waals surface area contributed by atoms with E-state index >= 15 is 0 Å². The van der Waals surface area contributed by atoms with Crippen LogP contribution in [0.4, 0.5) is 22.7 Å². The summed E-state index contributed by atoms with van der Waals surface area (Å²) in [6, 6.07) is 12.6. The fourth-order valence-electron chi connectivity index (χ4n) is 1.63. The van der Waals surface area contributed by atoms with Gasteiger partial charge in [0.25, 0.3) is 0 Å². The van der Waals surface area contributed by atoms with E-state index in [1.165, 1.54) is 6.92 Å². The zero-order valence-electron chi connectivity index (χ0n) is 10.4. The first-order valence-electron chi connectivity index (χ1n) is 5.74. The summed E-state index contributed by atoms with van der Waals surface area (Å²) in [5.41, 5.74) is 8.66. The van der Waals surface area contributed by atoms with E-state index in [9.17, 15) is 4.79 Å². The normalized spacial score (nSPS) is 10.0. The molecule has 0 fully saturated rings. The number of carbonyl (C=O) groups excluding carboxylic acids is 1. The summed E-state index contributed by atoms with van der Waals surface area (Å²) in [6.07, 6.45) is 0. The summed E-state index contributed by atoms with van der Waals surface area (Å²) < 4.78 is 0. The number of hydrogen-bond acceptors (Lipinski definition) is 3. The van der Waals surface area contributed by atoms with Crippen molar-refractivity contribution in [2.45, 2.75) is 6.92 Å².